The number of hydrogen-bond donors (Lipinski definition) is 3. The van der Waals surface area contributed by atoms with Gasteiger partial charge in [0.25, 0.3) is 0 Å². The molecule has 0 bridgehead atoms. The number of aliphatic hydroxyl groups excluding tert-OH is 1. The molecule has 0 unspecified atom stereocenters. The molecule has 2 fully saturated rings. The average Bonchev–Trinajstić information content (AvgIpc) is 3.24. The molecule has 316 valence electrons. The van der Waals surface area contributed by atoms with E-state index < -0.39 is 5.79 Å². The molecule has 3 aliphatic rings. The van der Waals surface area contributed by atoms with Crippen LogP contribution in [-0.4, -0.2) is 63.8 Å². The van der Waals surface area contributed by atoms with E-state index in [0.717, 1.165) is 86.3 Å². The molecule has 2 saturated heterocycles. The van der Waals surface area contributed by atoms with E-state index in [1.54, 1.807) is 36.4 Å². The molecule has 0 aromatic heterocycles. The Kier molecular flexibility index (Phi) is 17.3. The zero-order valence-electron chi connectivity index (χ0n) is 33.9. The third-order valence-electron chi connectivity index (χ3n) is 11.2. The Morgan fingerprint density at radius 3 is 1.83 bits per heavy atom. The highest BCUT2D eigenvalue weighted by Crippen LogP contribution is 2.33. The van der Waals surface area contributed by atoms with Gasteiger partial charge in [-0.25, -0.2) is 0 Å². The maximum Gasteiger partial charge on any atom is 0.246 e. The predicted molar refractivity (Wildman–Crippen MR) is 239 cm³/mol. The van der Waals surface area contributed by atoms with Crippen LogP contribution in [0.2, 0.25) is 0 Å². The first kappa shape index (κ1) is 46.8. The number of nitrogens with two attached hydrogens (primary N) is 1. The zero-order chi connectivity index (χ0) is 40.4. The van der Waals surface area contributed by atoms with Crippen LogP contribution in [0.15, 0.2) is 97.1 Å². The number of rotatable bonds is 9. The smallest absolute Gasteiger partial charge is 0.246 e. The van der Waals surface area contributed by atoms with Crippen molar-refractivity contribution >= 4 is 36.4 Å². The summed E-state index contributed by atoms with van der Waals surface area (Å²) in [5.74, 6) is 1.32. The number of carbonyl (C=O) groups is 2. The summed E-state index contributed by atoms with van der Waals surface area (Å²) in [5, 5.41) is 18.9. The molecule has 59 heavy (non-hydrogen) atoms. The fourth-order valence-electron chi connectivity index (χ4n) is 7.71. The minimum atomic E-state index is -0.619. The minimum absolute atomic E-state index is 0. The molecular weight excluding hydrogens is 762 g/mol. The van der Waals surface area contributed by atoms with E-state index in [0.29, 0.717) is 30.6 Å². The van der Waals surface area contributed by atoms with Crippen LogP contribution < -0.4 is 10.5 Å². The normalized spacial score (nSPS) is 16.6. The van der Waals surface area contributed by atoms with E-state index in [-0.39, 0.29) is 44.0 Å². The first-order valence-electron chi connectivity index (χ1n) is 20.2. The monoisotopic (exact) mass is 823 g/mol. The second-order valence-electron chi connectivity index (χ2n) is 15.6. The lowest BCUT2D eigenvalue weighted by Crippen LogP contribution is -2.36. The molecule has 4 N–H and O–H groups in total. The summed E-state index contributed by atoms with van der Waals surface area (Å²) >= 11 is 0. The van der Waals surface area contributed by atoms with Crippen molar-refractivity contribution < 1.29 is 29.3 Å². The maximum atomic E-state index is 12.7. The molecule has 10 heteroatoms. The summed E-state index contributed by atoms with van der Waals surface area (Å²) < 4.78 is 11.6. The second-order valence-corrected chi connectivity index (χ2v) is 15.6. The number of benzene rings is 4. The fraction of sp³-hybridized carbons (Fsp3) is 0.388. The van der Waals surface area contributed by atoms with E-state index in [4.69, 9.17) is 20.3 Å². The molecule has 7 rings (SSSR count). The van der Waals surface area contributed by atoms with Gasteiger partial charge in [0.05, 0.1) is 13.2 Å². The van der Waals surface area contributed by atoms with Gasteiger partial charge < -0.3 is 35.2 Å². The first-order valence-corrected chi connectivity index (χ1v) is 20.2. The van der Waals surface area contributed by atoms with E-state index >= 15 is 0 Å². The molecule has 3 aliphatic heterocycles. The quantitative estimate of drug-likeness (QED) is 0.144. The predicted octanol–water partition coefficient (Wildman–Crippen LogP) is 9.13. The summed E-state index contributed by atoms with van der Waals surface area (Å²) in [4.78, 5) is 29.0. The number of ether oxygens (including phenoxy) is 2. The zero-order valence-corrected chi connectivity index (χ0v) is 34.8. The Hall–Kier alpha value is -4.93. The van der Waals surface area contributed by atoms with Gasteiger partial charge in [-0.15, -0.1) is 12.4 Å². The van der Waals surface area contributed by atoms with Crippen molar-refractivity contribution in [2.45, 2.75) is 97.7 Å². The lowest BCUT2D eigenvalue weighted by atomic mass is 9.88. The van der Waals surface area contributed by atoms with Crippen LogP contribution in [0.3, 0.4) is 0 Å². The van der Waals surface area contributed by atoms with Gasteiger partial charge in [-0.3, -0.25) is 9.59 Å². The summed E-state index contributed by atoms with van der Waals surface area (Å²) in [6, 6.07) is 28.3. The number of aryl methyl sites for hydroxylation is 1. The van der Waals surface area contributed by atoms with Crippen LogP contribution in [-0.2, 0) is 40.5 Å². The van der Waals surface area contributed by atoms with Crippen molar-refractivity contribution in [2.75, 3.05) is 26.2 Å². The number of hydrogen-bond acceptors (Lipinski definition) is 7. The van der Waals surface area contributed by atoms with Gasteiger partial charge in [0, 0.05) is 69.9 Å². The molecule has 4 aromatic rings. The van der Waals surface area contributed by atoms with E-state index in [1.807, 2.05) is 54.0 Å². The Morgan fingerprint density at radius 1 is 0.780 bits per heavy atom. The van der Waals surface area contributed by atoms with Crippen LogP contribution in [0, 0.1) is 0 Å². The Bertz CT molecular complexity index is 2060. The van der Waals surface area contributed by atoms with Crippen LogP contribution >= 0.6 is 12.4 Å². The van der Waals surface area contributed by atoms with Crippen molar-refractivity contribution in [3.05, 3.63) is 142 Å². The van der Waals surface area contributed by atoms with Gasteiger partial charge in [-0.2, -0.15) is 0 Å². The molecule has 0 spiro atoms. The summed E-state index contributed by atoms with van der Waals surface area (Å²) in [6.07, 6.45) is 11.8. The summed E-state index contributed by atoms with van der Waals surface area (Å²) in [7, 11) is 0. The third kappa shape index (κ3) is 12.8. The van der Waals surface area contributed by atoms with Gasteiger partial charge in [-0.05, 0) is 102 Å². The third-order valence-corrected chi connectivity index (χ3v) is 11.2. The number of fused-ring (bicyclic) bond motifs is 1. The van der Waals surface area contributed by atoms with E-state index in [9.17, 15) is 14.7 Å². The Morgan fingerprint density at radius 2 is 1.31 bits per heavy atom. The minimum Gasteiger partial charge on any atom is -0.508 e. The van der Waals surface area contributed by atoms with E-state index in [2.05, 4.69) is 49.4 Å². The second kappa shape index (κ2) is 21.9. The van der Waals surface area contributed by atoms with Crippen molar-refractivity contribution in [3.8, 4) is 11.5 Å². The first-order chi connectivity index (χ1) is 27.5. The van der Waals surface area contributed by atoms with Crippen LogP contribution in [0.5, 0.6) is 11.5 Å². The largest absolute Gasteiger partial charge is 0.508 e. The SMILES string of the molecule is C.CCc1cccc(C2CCN(C(=O)/C=C/c3ccc4c(c3)OC(C)(C)OC4)CC2)c1.Cl.NCc1cccc(C2CCN(C(=O)/C=C/c3ccc(CO)c(O)c3)CC2)c1. The molecule has 9 nitrogen and oxygen atoms in total. The average molecular weight is 825 g/mol. The number of amides is 2. The number of nitrogens with zero attached hydrogens (tertiary/aromatic N) is 2. The lowest BCUT2D eigenvalue weighted by Gasteiger charge is -2.32. The van der Waals surface area contributed by atoms with Gasteiger partial charge >= 0.3 is 0 Å². The topological polar surface area (TPSA) is 126 Å². The number of phenols is 1. The fourth-order valence-corrected chi connectivity index (χ4v) is 7.71. The molecule has 2 amide bonds. The number of piperidine rings is 2. The lowest BCUT2D eigenvalue weighted by molar-refractivity contribution is -0.180. The van der Waals surface area contributed by atoms with Crippen molar-refractivity contribution in [3.63, 3.8) is 0 Å². The number of likely N-dealkylation sites (tertiary alicyclic amines) is 2. The maximum absolute atomic E-state index is 12.7. The molecule has 0 saturated carbocycles. The molecule has 0 radical (unpaired) electrons. The Labute approximate surface area is 356 Å². The van der Waals surface area contributed by atoms with Crippen molar-refractivity contribution in [2.24, 2.45) is 5.73 Å². The van der Waals surface area contributed by atoms with Crippen molar-refractivity contribution in [1.29, 1.82) is 0 Å². The number of halogens is 1. The molecule has 0 atom stereocenters. The summed E-state index contributed by atoms with van der Waals surface area (Å²) in [5.41, 5.74) is 14.2. The molecule has 0 aliphatic carbocycles. The van der Waals surface area contributed by atoms with Gasteiger partial charge in [0.2, 0.25) is 17.6 Å². The van der Waals surface area contributed by atoms with Gasteiger partial charge in [0.15, 0.2) is 0 Å². The van der Waals surface area contributed by atoms with E-state index in [1.165, 1.54) is 16.7 Å². The standard InChI is InChI=1S/C26H31NO3.C22H26N2O3.CH4.ClH/c1-4-19-6-5-7-22(16-19)21-12-14-27(15-13-21)25(28)11-9-20-8-10-23-18-29-26(2,3)30-24(23)17-20;23-14-17-2-1-3-19(12-17)18-8-10-24(11-9-18)22(27)7-5-16-4-6-20(15-25)21(26)13-16;;/h5-11,16-17,21H,4,12-15,18H2,1-3H3;1-7,12-13,18,25-26H,8-11,14-15,23H2;1H4;1H/b11-9+;7-5+;;. The highest BCUT2D eigenvalue weighted by Gasteiger charge is 2.28. The van der Waals surface area contributed by atoms with Crippen LogP contribution in [0.25, 0.3) is 12.2 Å². The summed E-state index contributed by atoms with van der Waals surface area (Å²) in [6.45, 7) is 9.96. The number of aliphatic hydroxyl groups is 1. The Balaban J connectivity index is 0.000000253. The van der Waals surface area contributed by atoms with Crippen LogP contribution in [0.1, 0.15) is 110 Å². The van der Waals surface area contributed by atoms with Gasteiger partial charge in [-0.1, -0.05) is 87.1 Å². The van der Waals surface area contributed by atoms with Crippen molar-refractivity contribution in [1.82, 2.24) is 9.80 Å². The molecular formula is C49H62ClN3O6. The number of carbonyl (C=O) groups excluding carboxylic acids is 2. The van der Waals surface area contributed by atoms with Gasteiger partial charge in [0.1, 0.15) is 11.5 Å². The van der Waals surface area contributed by atoms with Crippen LogP contribution in [0.4, 0.5) is 0 Å². The highest BCUT2D eigenvalue weighted by atomic mass is 35.5. The highest BCUT2D eigenvalue weighted by molar-refractivity contribution is 5.92. The number of aromatic hydroxyl groups is 1. The molecule has 4 aromatic carbocycles. The molecule has 3 heterocycles.